The van der Waals surface area contributed by atoms with E-state index in [-0.39, 0.29) is 11.5 Å². The van der Waals surface area contributed by atoms with E-state index in [4.69, 9.17) is 0 Å². The first-order valence-corrected chi connectivity index (χ1v) is 5.16. The Morgan fingerprint density at radius 1 is 1.12 bits per heavy atom. The third-order valence-corrected chi connectivity index (χ3v) is 2.59. The van der Waals surface area contributed by atoms with Crippen LogP contribution < -0.4 is 0 Å². The van der Waals surface area contributed by atoms with Gasteiger partial charge in [-0.1, -0.05) is 36.4 Å². The fourth-order valence-corrected chi connectivity index (χ4v) is 1.84. The summed E-state index contributed by atoms with van der Waals surface area (Å²) in [5.74, 6) is 0.422. The minimum Gasteiger partial charge on any atom is -0.507 e. The van der Waals surface area contributed by atoms with Crippen molar-refractivity contribution in [2.24, 2.45) is 0 Å². The molecule has 2 rings (SSSR count). The summed E-state index contributed by atoms with van der Waals surface area (Å²) in [5.41, 5.74) is 1.83. The topological polar surface area (TPSA) is 40.5 Å². The van der Waals surface area contributed by atoms with Gasteiger partial charge in [0.05, 0.1) is 0 Å². The second kappa shape index (κ2) is 3.89. The number of hydrogen-bond donors (Lipinski definition) is 2. The molecule has 2 heteroatoms. The lowest BCUT2D eigenvalue weighted by atomic mass is 10.0. The molecule has 0 amide bonds. The van der Waals surface area contributed by atoms with E-state index in [1.807, 2.05) is 19.1 Å². The lowest BCUT2D eigenvalue weighted by Gasteiger charge is -2.08. The van der Waals surface area contributed by atoms with Gasteiger partial charge in [-0.15, -0.1) is 0 Å². The van der Waals surface area contributed by atoms with Crippen LogP contribution in [0.4, 0.5) is 0 Å². The zero-order valence-electron chi connectivity index (χ0n) is 9.20. The van der Waals surface area contributed by atoms with E-state index in [9.17, 15) is 10.2 Å². The number of fused-ring (bicyclic) bond motifs is 1. The molecule has 0 radical (unpaired) electrons. The molecule has 82 valence electrons. The average Bonchev–Trinajstić information content (AvgIpc) is 2.23. The molecule has 0 aliphatic carbocycles. The van der Waals surface area contributed by atoms with Gasteiger partial charge in [-0.05, 0) is 25.0 Å². The predicted molar refractivity (Wildman–Crippen MR) is 65.8 cm³/mol. The minimum atomic E-state index is 0.190. The van der Waals surface area contributed by atoms with Crippen molar-refractivity contribution in [3.8, 4) is 11.5 Å². The number of phenols is 2. The molecule has 2 nitrogen and oxygen atoms in total. The Morgan fingerprint density at radius 2 is 1.88 bits per heavy atom. The summed E-state index contributed by atoms with van der Waals surface area (Å²) in [6, 6.07) is 8.78. The number of hydrogen-bond acceptors (Lipinski definition) is 2. The molecule has 0 fully saturated rings. The summed E-state index contributed by atoms with van der Waals surface area (Å²) < 4.78 is 0. The van der Waals surface area contributed by atoms with E-state index in [2.05, 4.69) is 6.58 Å². The van der Waals surface area contributed by atoms with Crippen molar-refractivity contribution in [1.29, 1.82) is 0 Å². The van der Waals surface area contributed by atoms with E-state index in [1.165, 1.54) is 0 Å². The van der Waals surface area contributed by atoms with Gasteiger partial charge in [0.25, 0.3) is 0 Å². The van der Waals surface area contributed by atoms with Crippen LogP contribution >= 0.6 is 0 Å². The van der Waals surface area contributed by atoms with Gasteiger partial charge >= 0.3 is 0 Å². The molecule has 2 aromatic carbocycles. The van der Waals surface area contributed by atoms with Crippen LogP contribution in [0.3, 0.4) is 0 Å². The molecule has 0 spiro atoms. The van der Waals surface area contributed by atoms with E-state index in [0.29, 0.717) is 17.2 Å². The van der Waals surface area contributed by atoms with Gasteiger partial charge in [-0.25, -0.2) is 0 Å². The maximum atomic E-state index is 10.1. The third kappa shape index (κ3) is 1.74. The van der Waals surface area contributed by atoms with Gasteiger partial charge < -0.3 is 10.2 Å². The zero-order chi connectivity index (χ0) is 11.7. The molecule has 0 aromatic heterocycles. The summed E-state index contributed by atoms with van der Waals surface area (Å²) in [4.78, 5) is 0. The maximum Gasteiger partial charge on any atom is 0.127 e. The first kappa shape index (κ1) is 10.6. The predicted octanol–water partition coefficient (Wildman–Crippen LogP) is 3.37. The highest BCUT2D eigenvalue weighted by Gasteiger charge is 2.08. The molecule has 0 atom stereocenters. The highest BCUT2D eigenvalue weighted by Crippen LogP contribution is 2.34. The van der Waals surface area contributed by atoms with Crippen molar-refractivity contribution in [3.63, 3.8) is 0 Å². The Hall–Kier alpha value is -1.96. The van der Waals surface area contributed by atoms with Gasteiger partial charge in [0.2, 0.25) is 0 Å². The van der Waals surface area contributed by atoms with Crippen LogP contribution in [0.15, 0.2) is 42.5 Å². The number of allylic oxidation sites excluding steroid dienone is 1. The maximum absolute atomic E-state index is 10.1. The van der Waals surface area contributed by atoms with Gasteiger partial charge in [0.1, 0.15) is 11.5 Å². The smallest absolute Gasteiger partial charge is 0.127 e. The van der Waals surface area contributed by atoms with Gasteiger partial charge in [0, 0.05) is 10.8 Å². The molecule has 0 saturated heterocycles. The van der Waals surface area contributed by atoms with Crippen LogP contribution in [0, 0.1) is 0 Å². The quantitative estimate of drug-likeness (QED) is 0.752. The minimum absolute atomic E-state index is 0.190. The van der Waals surface area contributed by atoms with E-state index in [1.54, 1.807) is 18.2 Å². The molecule has 2 N–H and O–H groups in total. The molecule has 0 bridgehead atoms. The largest absolute Gasteiger partial charge is 0.507 e. The highest BCUT2D eigenvalue weighted by molar-refractivity contribution is 5.93. The molecular formula is C14H14O2. The van der Waals surface area contributed by atoms with Crippen molar-refractivity contribution in [1.82, 2.24) is 0 Å². The summed E-state index contributed by atoms with van der Waals surface area (Å²) in [6.45, 7) is 5.75. The fraction of sp³-hybridized carbons (Fsp3) is 0.143. The second-order valence-electron chi connectivity index (χ2n) is 4.08. The standard InChI is InChI=1S/C14H14O2/c1-9(2)8-10-6-7-11-12(14(10)16)4-3-5-13(11)15/h3-7,15-16H,1,8H2,2H3. The van der Waals surface area contributed by atoms with Crippen LogP contribution in [0.5, 0.6) is 11.5 Å². The lowest BCUT2D eigenvalue weighted by molar-refractivity contribution is 0.472. The second-order valence-corrected chi connectivity index (χ2v) is 4.08. The molecule has 16 heavy (non-hydrogen) atoms. The monoisotopic (exact) mass is 214 g/mol. The SMILES string of the molecule is C=C(C)Cc1ccc2c(O)cccc2c1O. The molecule has 0 unspecified atom stereocenters. The normalized spacial score (nSPS) is 10.6. The highest BCUT2D eigenvalue weighted by atomic mass is 16.3. The molecule has 0 saturated carbocycles. The number of aromatic hydroxyl groups is 2. The Bertz CT molecular complexity index is 556. The number of rotatable bonds is 2. The lowest BCUT2D eigenvalue weighted by Crippen LogP contribution is -1.88. The molecule has 0 aliphatic heterocycles. The summed E-state index contributed by atoms with van der Waals surface area (Å²) in [5, 5.41) is 21.1. The average molecular weight is 214 g/mol. The van der Waals surface area contributed by atoms with Crippen molar-refractivity contribution in [3.05, 3.63) is 48.0 Å². The van der Waals surface area contributed by atoms with Crippen LogP contribution in [-0.2, 0) is 6.42 Å². The molecule has 0 aliphatic rings. The first-order chi connectivity index (χ1) is 7.59. The fourth-order valence-electron chi connectivity index (χ4n) is 1.84. The summed E-state index contributed by atoms with van der Waals surface area (Å²) >= 11 is 0. The van der Waals surface area contributed by atoms with Crippen LogP contribution in [0.25, 0.3) is 10.8 Å². The van der Waals surface area contributed by atoms with Gasteiger partial charge in [0.15, 0.2) is 0 Å². The van der Waals surface area contributed by atoms with Crippen LogP contribution in [-0.4, -0.2) is 10.2 Å². The van der Waals surface area contributed by atoms with Gasteiger partial charge in [-0.3, -0.25) is 0 Å². The third-order valence-electron chi connectivity index (χ3n) is 2.59. The molecular weight excluding hydrogens is 200 g/mol. The summed E-state index contributed by atoms with van der Waals surface area (Å²) in [7, 11) is 0. The van der Waals surface area contributed by atoms with E-state index >= 15 is 0 Å². The van der Waals surface area contributed by atoms with Crippen LogP contribution in [0.2, 0.25) is 0 Å². The van der Waals surface area contributed by atoms with Crippen LogP contribution in [0.1, 0.15) is 12.5 Å². The number of phenolic OH excluding ortho intramolecular Hbond substituents is 2. The Morgan fingerprint density at radius 3 is 2.56 bits per heavy atom. The molecule has 0 heterocycles. The van der Waals surface area contributed by atoms with E-state index in [0.717, 1.165) is 11.1 Å². The zero-order valence-corrected chi connectivity index (χ0v) is 9.20. The van der Waals surface area contributed by atoms with Gasteiger partial charge in [-0.2, -0.15) is 0 Å². The summed E-state index contributed by atoms with van der Waals surface area (Å²) in [6.07, 6.45) is 0.650. The van der Waals surface area contributed by atoms with Crippen molar-refractivity contribution in [2.75, 3.05) is 0 Å². The number of benzene rings is 2. The molecule has 2 aromatic rings. The Balaban J connectivity index is 2.65. The van der Waals surface area contributed by atoms with E-state index < -0.39 is 0 Å². The Labute approximate surface area is 94.5 Å². The first-order valence-electron chi connectivity index (χ1n) is 5.16. The van der Waals surface area contributed by atoms with Crippen molar-refractivity contribution >= 4 is 10.8 Å². The Kier molecular flexibility index (Phi) is 2.57. The van der Waals surface area contributed by atoms with Crippen molar-refractivity contribution < 1.29 is 10.2 Å². The van der Waals surface area contributed by atoms with Crippen molar-refractivity contribution in [2.45, 2.75) is 13.3 Å².